The largest absolute Gasteiger partial charge is 0.494 e. The Kier molecular flexibility index (Phi) is 6.38. The minimum absolute atomic E-state index is 0.792. The number of piperidine rings is 1. The molecule has 0 aliphatic carbocycles. The highest BCUT2D eigenvalue weighted by molar-refractivity contribution is 6.31. The normalized spacial score (nSPS) is 23.2. The zero-order valence-electron chi connectivity index (χ0n) is 13.6. The second-order valence-electron chi connectivity index (χ2n) is 6.67. The van der Waals surface area contributed by atoms with Crippen LogP contribution in [0.1, 0.15) is 38.7 Å². The first-order valence-corrected chi connectivity index (χ1v) is 8.53. The zero-order valence-corrected chi connectivity index (χ0v) is 14.3. The standard InChI is InChI=1S/C18H28ClNO/c1-14-10-15(2)13-20(12-14)8-4-5-9-21-17-6-7-18(19)16(3)11-17/h6-7,11,14-15H,4-5,8-10,12-13H2,1-3H3. The number of nitrogens with zero attached hydrogens (tertiary/aromatic N) is 1. The summed E-state index contributed by atoms with van der Waals surface area (Å²) in [5.41, 5.74) is 1.07. The lowest BCUT2D eigenvalue weighted by atomic mass is 9.92. The molecule has 0 amide bonds. The molecule has 0 saturated carbocycles. The smallest absolute Gasteiger partial charge is 0.119 e. The molecule has 1 heterocycles. The predicted octanol–water partition coefficient (Wildman–Crippen LogP) is 4.79. The Morgan fingerprint density at radius 2 is 1.90 bits per heavy atom. The molecule has 1 aliphatic heterocycles. The van der Waals surface area contributed by atoms with Crippen molar-refractivity contribution in [2.75, 3.05) is 26.2 Å². The molecule has 1 fully saturated rings. The van der Waals surface area contributed by atoms with Crippen LogP contribution in [0.15, 0.2) is 18.2 Å². The van der Waals surface area contributed by atoms with E-state index in [1.54, 1.807) is 0 Å². The average Bonchev–Trinajstić information content (AvgIpc) is 2.41. The minimum atomic E-state index is 0.792. The monoisotopic (exact) mass is 309 g/mol. The van der Waals surface area contributed by atoms with E-state index in [2.05, 4.69) is 18.7 Å². The molecule has 2 nitrogen and oxygen atoms in total. The van der Waals surface area contributed by atoms with Gasteiger partial charge >= 0.3 is 0 Å². The number of benzene rings is 1. The van der Waals surface area contributed by atoms with Crippen molar-refractivity contribution in [1.82, 2.24) is 4.90 Å². The molecular formula is C18H28ClNO. The van der Waals surface area contributed by atoms with Crippen LogP contribution in [0, 0.1) is 18.8 Å². The molecule has 3 heteroatoms. The summed E-state index contributed by atoms with van der Waals surface area (Å²) in [7, 11) is 0. The van der Waals surface area contributed by atoms with Crippen LogP contribution < -0.4 is 4.74 Å². The second-order valence-corrected chi connectivity index (χ2v) is 7.08. The zero-order chi connectivity index (χ0) is 15.2. The summed E-state index contributed by atoms with van der Waals surface area (Å²) in [4.78, 5) is 2.62. The molecule has 1 aromatic carbocycles. The Balaban J connectivity index is 1.62. The summed E-state index contributed by atoms with van der Waals surface area (Å²) >= 11 is 6.01. The summed E-state index contributed by atoms with van der Waals surface area (Å²) < 4.78 is 5.80. The van der Waals surface area contributed by atoms with Crippen molar-refractivity contribution in [1.29, 1.82) is 0 Å². The third-order valence-electron chi connectivity index (χ3n) is 4.21. The molecule has 1 aliphatic rings. The molecule has 0 aromatic heterocycles. The van der Waals surface area contributed by atoms with Gasteiger partial charge in [0.15, 0.2) is 0 Å². The van der Waals surface area contributed by atoms with E-state index in [4.69, 9.17) is 16.3 Å². The van der Waals surface area contributed by atoms with E-state index in [9.17, 15) is 0 Å². The molecular weight excluding hydrogens is 282 g/mol. The number of rotatable bonds is 6. The fraction of sp³-hybridized carbons (Fsp3) is 0.667. The first-order chi connectivity index (χ1) is 10.0. The quantitative estimate of drug-likeness (QED) is 0.701. The van der Waals surface area contributed by atoms with Crippen LogP contribution in [0.3, 0.4) is 0 Å². The third kappa shape index (κ3) is 5.52. The Hall–Kier alpha value is -0.730. The molecule has 2 atom stereocenters. The molecule has 2 unspecified atom stereocenters. The van der Waals surface area contributed by atoms with Crippen LogP contribution in [0.25, 0.3) is 0 Å². The van der Waals surface area contributed by atoms with E-state index in [-0.39, 0.29) is 0 Å². The molecule has 118 valence electrons. The van der Waals surface area contributed by atoms with Gasteiger partial charge in [-0.3, -0.25) is 0 Å². The Labute approximate surface area is 134 Å². The molecule has 2 rings (SSSR count). The first kappa shape index (κ1) is 16.6. The van der Waals surface area contributed by atoms with Crippen LogP contribution >= 0.6 is 11.6 Å². The number of likely N-dealkylation sites (tertiary alicyclic amines) is 1. The maximum absolute atomic E-state index is 6.01. The number of unbranched alkanes of at least 4 members (excludes halogenated alkanes) is 1. The fourth-order valence-corrected chi connectivity index (χ4v) is 3.43. The molecule has 0 spiro atoms. The van der Waals surface area contributed by atoms with Gasteiger partial charge in [0.25, 0.3) is 0 Å². The lowest BCUT2D eigenvalue weighted by molar-refractivity contribution is 0.136. The van der Waals surface area contributed by atoms with E-state index < -0.39 is 0 Å². The predicted molar refractivity (Wildman–Crippen MR) is 90.3 cm³/mol. The summed E-state index contributed by atoms with van der Waals surface area (Å²) in [6, 6.07) is 5.86. The van der Waals surface area contributed by atoms with Crippen molar-refractivity contribution in [3.8, 4) is 5.75 Å². The van der Waals surface area contributed by atoms with Crippen molar-refractivity contribution >= 4 is 11.6 Å². The van der Waals surface area contributed by atoms with E-state index in [0.29, 0.717) is 0 Å². The summed E-state index contributed by atoms with van der Waals surface area (Å²) in [6.45, 7) is 11.3. The van der Waals surface area contributed by atoms with Gasteiger partial charge in [0.05, 0.1) is 6.61 Å². The number of hydrogen-bond donors (Lipinski definition) is 0. The molecule has 0 bridgehead atoms. The van der Waals surface area contributed by atoms with Crippen LogP contribution in [-0.4, -0.2) is 31.1 Å². The van der Waals surface area contributed by atoms with E-state index >= 15 is 0 Å². The number of ether oxygens (including phenoxy) is 1. The maximum Gasteiger partial charge on any atom is 0.119 e. The van der Waals surface area contributed by atoms with Crippen LogP contribution in [-0.2, 0) is 0 Å². The highest BCUT2D eigenvalue weighted by Crippen LogP contribution is 2.22. The Morgan fingerprint density at radius 1 is 1.19 bits per heavy atom. The molecule has 0 N–H and O–H groups in total. The van der Waals surface area contributed by atoms with Crippen molar-refractivity contribution in [3.05, 3.63) is 28.8 Å². The van der Waals surface area contributed by atoms with E-state index in [0.717, 1.165) is 41.2 Å². The van der Waals surface area contributed by atoms with Gasteiger partial charge in [-0.2, -0.15) is 0 Å². The molecule has 21 heavy (non-hydrogen) atoms. The lowest BCUT2D eigenvalue weighted by Crippen LogP contribution is -2.39. The highest BCUT2D eigenvalue weighted by Gasteiger charge is 2.20. The van der Waals surface area contributed by atoms with Gasteiger partial charge in [0, 0.05) is 18.1 Å². The van der Waals surface area contributed by atoms with Crippen molar-refractivity contribution < 1.29 is 4.74 Å². The summed E-state index contributed by atoms with van der Waals surface area (Å²) in [5, 5.41) is 0.802. The fourth-order valence-electron chi connectivity index (χ4n) is 3.31. The van der Waals surface area contributed by atoms with Crippen LogP contribution in [0.2, 0.25) is 5.02 Å². The first-order valence-electron chi connectivity index (χ1n) is 8.16. The lowest BCUT2D eigenvalue weighted by Gasteiger charge is -2.34. The molecule has 0 radical (unpaired) electrons. The summed E-state index contributed by atoms with van der Waals surface area (Å²) in [5.74, 6) is 2.63. The second kappa shape index (κ2) is 8.05. The van der Waals surface area contributed by atoms with Crippen LogP contribution in [0.4, 0.5) is 0 Å². The SMILES string of the molecule is Cc1cc(OCCCCN2CC(C)CC(C)C2)ccc1Cl. The minimum Gasteiger partial charge on any atom is -0.494 e. The average molecular weight is 310 g/mol. The topological polar surface area (TPSA) is 12.5 Å². The van der Waals surface area contributed by atoms with Gasteiger partial charge in [-0.25, -0.2) is 0 Å². The molecule has 1 aromatic rings. The highest BCUT2D eigenvalue weighted by atomic mass is 35.5. The van der Waals surface area contributed by atoms with Gasteiger partial charge < -0.3 is 9.64 Å². The third-order valence-corrected chi connectivity index (χ3v) is 4.64. The van der Waals surface area contributed by atoms with Gasteiger partial charge in [0.2, 0.25) is 0 Å². The molecule has 1 saturated heterocycles. The number of halogens is 1. The van der Waals surface area contributed by atoms with Gasteiger partial charge in [-0.1, -0.05) is 25.4 Å². The van der Waals surface area contributed by atoms with E-state index in [1.807, 2.05) is 25.1 Å². The number of hydrogen-bond acceptors (Lipinski definition) is 2. The van der Waals surface area contributed by atoms with E-state index in [1.165, 1.54) is 32.5 Å². The Morgan fingerprint density at radius 3 is 2.57 bits per heavy atom. The van der Waals surface area contributed by atoms with Gasteiger partial charge in [-0.05, 0) is 68.3 Å². The van der Waals surface area contributed by atoms with Gasteiger partial charge in [-0.15, -0.1) is 0 Å². The number of aryl methyl sites for hydroxylation is 1. The van der Waals surface area contributed by atoms with Crippen LogP contribution in [0.5, 0.6) is 5.75 Å². The maximum atomic E-state index is 6.01. The van der Waals surface area contributed by atoms with Crippen molar-refractivity contribution in [2.45, 2.75) is 40.0 Å². The Bertz CT molecular complexity index is 439. The summed E-state index contributed by atoms with van der Waals surface area (Å²) in [6.07, 6.45) is 3.71. The van der Waals surface area contributed by atoms with Crippen molar-refractivity contribution in [3.63, 3.8) is 0 Å². The van der Waals surface area contributed by atoms with Crippen molar-refractivity contribution in [2.24, 2.45) is 11.8 Å². The van der Waals surface area contributed by atoms with Gasteiger partial charge in [0.1, 0.15) is 5.75 Å².